The van der Waals surface area contributed by atoms with Crippen LogP contribution in [0.25, 0.3) is 0 Å². The van der Waals surface area contributed by atoms with Gasteiger partial charge in [0.1, 0.15) is 5.82 Å². The van der Waals surface area contributed by atoms with Crippen LogP contribution in [-0.2, 0) is 11.2 Å². The lowest BCUT2D eigenvalue weighted by Gasteiger charge is -2.38. The Morgan fingerprint density at radius 3 is 2.17 bits per heavy atom. The molecule has 0 saturated carbocycles. The average molecular weight is 253 g/mol. The molecule has 0 aliphatic carbocycles. The minimum absolute atomic E-state index is 0.166. The molecular weight excluding hydrogens is 233 g/mol. The minimum Gasteiger partial charge on any atom is -0.388 e. The highest BCUT2D eigenvalue weighted by Crippen LogP contribution is 2.20. The van der Waals surface area contributed by atoms with Gasteiger partial charge in [-0.2, -0.15) is 0 Å². The third-order valence-electron chi connectivity index (χ3n) is 3.26. The number of halogens is 1. The zero-order valence-corrected chi connectivity index (χ0v) is 11.2. The topological polar surface area (TPSA) is 49.3 Å². The molecule has 0 saturated heterocycles. The van der Waals surface area contributed by atoms with E-state index in [2.05, 4.69) is 5.32 Å². The van der Waals surface area contributed by atoms with Crippen LogP contribution in [0.1, 0.15) is 33.3 Å². The van der Waals surface area contributed by atoms with Crippen LogP contribution in [-0.4, -0.2) is 22.2 Å². The molecule has 100 valence electrons. The fourth-order valence-electron chi connectivity index (χ4n) is 1.33. The maximum absolute atomic E-state index is 12.7. The smallest absolute Gasteiger partial charge is 0.224 e. The van der Waals surface area contributed by atoms with Gasteiger partial charge < -0.3 is 10.4 Å². The van der Waals surface area contributed by atoms with E-state index in [0.717, 1.165) is 5.56 Å². The summed E-state index contributed by atoms with van der Waals surface area (Å²) in [6.07, 6.45) is 0.166. The first kappa shape index (κ1) is 14.6. The number of hydrogen-bond acceptors (Lipinski definition) is 2. The molecule has 1 aromatic carbocycles. The molecule has 0 bridgehead atoms. The number of nitrogens with one attached hydrogen (secondary N) is 1. The Morgan fingerprint density at radius 1 is 1.22 bits per heavy atom. The van der Waals surface area contributed by atoms with Gasteiger partial charge in [-0.25, -0.2) is 4.39 Å². The number of aliphatic hydroxyl groups is 1. The highest BCUT2D eigenvalue weighted by molar-refractivity contribution is 5.79. The molecule has 0 aliphatic heterocycles. The van der Waals surface area contributed by atoms with Gasteiger partial charge in [0.25, 0.3) is 0 Å². The van der Waals surface area contributed by atoms with Crippen molar-refractivity contribution in [1.82, 2.24) is 5.32 Å². The van der Waals surface area contributed by atoms with E-state index in [1.54, 1.807) is 39.8 Å². The van der Waals surface area contributed by atoms with Crippen molar-refractivity contribution >= 4 is 5.91 Å². The highest BCUT2D eigenvalue weighted by Gasteiger charge is 2.36. The van der Waals surface area contributed by atoms with Crippen molar-refractivity contribution in [3.8, 4) is 0 Å². The largest absolute Gasteiger partial charge is 0.388 e. The van der Waals surface area contributed by atoms with Crippen molar-refractivity contribution in [3.05, 3.63) is 35.6 Å². The predicted molar refractivity (Wildman–Crippen MR) is 68.6 cm³/mol. The van der Waals surface area contributed by atoms with Gasteiger partial charge in [-0.05, 0) is 45.4 Å². The second-order valence-electron chi connectivity index (χ2n) is 5.54. The van der Waals surface area contributed by atoms with Crippen LogP contribution in [0.15, 0.2) is 24.3 Å². The number of carbonyl (C=O) groups is 1. The Bertz CT molecular complexity index is 418. The Balaban J connectivity index is 2.65. The van der Waals surface area contributed by atoms with E-state index < -0.39 is 11.1 Å². The SMILES string of the molecule is CC(C)(O)C(C)(C)NC(=O)Cc1ccc(F)cc1. The molecule has 1 aromatic rings. The van der Waals surface area contributed by atoms with Gasteiger partial charge in [0.15, 0.2) is 0 Å². The lowest BCUT2D eigenvalue weighted by Crippen LogP contribution is -2.58. The van der Waals surface area contributed by atoms with E-state index in [0.29, 0.717) is 0 Å². The first-order valence-corrected chi connectivity index (χ1v) is 5.90. The molecule has 0 heterocycles. The molecular formula is C14H20FNO2. The van der Waals surface area contributed by atoms with Crippen LogP contribution >= 0.6 is 0 Å². The van der Waals surface area contributed by atoms with Gasteiger partial charge in [0.05, 0.1) is 17.6 Å². The Labute approximate surface area is 107 Å². The lowest BCUT2D eigenvalue weighted by atomic mass is 9.86. The number of amides is 1. The van der Waals surface area contributed by atoms with Crippen LogP contribution in [0.2, 0.25) is 0 Å². The summed E-state index contributed by atoms with van der Waals surface area (Å²) in [6.45, 7) is 6.81. The van der Waals surface area contributed by atoms with Gasteiger partial charge in [0, 0.05) is 0 Å². The molecule has 0 radical (unpaired) electrons. The zero-order valence-electron chi connectivity index (χ0n) is 11.2. The number of benzene rings is 1. The molecule has 0 atom stereocenters. The molecule has 0 unspecified atom stereocenters. The first-order valence-electron chi connectivity index (χ1n) is 5.90. The predicted octanol–water partition coefficient (Wildman–Crippen LogP) is 2.03. The van der Waals surface area contributed by atoms with Crippen LogP contribution in [0.4, 0.5) is 4.39 Å². The summed E-state index contributed by atoms with van der Waals surface area (Å²) in [5.74, 6) is -0.523. The maximum Gasteiger partial charge on any atom is 0.224 e. The van der Waals surface area contributed by atoms with Gasteiger partial charge in [0.2, 0.25) is 5.91 Å². The molecule has 0 aliphatic rings. The number of rotatable bonds is 4. The monoisotopic (exact) mass is 253 g/mol. The second-order valence-corrected chi connectivity index (χ2v) is 5.54. The summed E-state index contributed by atoms with van der Waals surface area (Å²) in [5, 5.41) is 12.7. The van der Waals surface area contributed by atoms with E-state index in [-0.39, 0.29) is 18.1 Å². The second kappa shape index (κ2) is 5.06. The van der Waals surface area contributed by atoms with E-state index >= 15 is 0 Å². The van der Waals surface area contributed by atoms with Crippen LogP contribution in [0, 0.1) is 5.82 Å². The number of hydrogen-bond donors (Lipinski definition) is 2. The zero-order chi connectivity index (χ0) is 14.0. The van der Waals surface area contributed by atoms with Gasteiger partial charge in [-0.3, -0.25) is 4.79 Å². The third kappa shape index (κ3) is 3.81. The van der Waals surface area contributed by atoms with Crippen LogP contribution in [0.3, 0.4) is 0 Å². The molecule has 2 N–H and O–H groups in total. The summed E-state index contributed by atoms with van der Waals surface area (Å²) in [6, 6.07) is 5.80. The Kier molecular flexibility index (Phi) is 4.12. The van der Waals surface area contributed by atoms with Crippen molar-refractivity contribution in [2.75, 3.05) is 0 Å². The van der Waals surface area contributed by atoms with Crippen molar-refractivity contribution in [3.63, 3.8) is 0 Å². The van der Waals surface area contributed by atoms with E-state index in [4.69, 9.17) is 0 Å². The van der Waals surface area contributed by atoms with Crippen molar-refractivity contribution in [1.29, 1.82) is 0 Å². The normalized spacial score (nSPS) is 12.3. The Hall–Kier alpha value is -1.42. The van der Waals surface area contributed by atoms with E-state index in [1.165, 1.54) is 12.1 Å². The molecule has 1 rings (SSSR count). The van der Waals surface area contributed by atoms with E-state index in [1.807, 2.05) is 0 Å². The van der Waals surface area contributed by atoms with Crippen LogP contribution < -0.4 is 5.32 Å². The summed E-state index contributed by atoms with van der Waals surface area (Å²) >= 11 is 0. The van der Waals surface area contributed by atoms with Crippen molar-refractivity contribution < 1.29 is 14.3 Å². The molecule has 0 spiro atoms. The maximum atomic E-state index is 12.7. The van der Waals surface area contributed by atoms with Gasteiger partial charge in [-0.1, -0.05) is 12.1 Å². The molecule has 0 fully saturated rings. The standard InChI is InChI=1S/C14H20FNO2/c1-13(2,14(3,4)18)16-12(17)9-10-5-7-11(15)8-6-10/h5-8,18H,9H2,1-4H3,(H,16,17). The lowest BCUT2D eigenvalue weighted by molar-refractivity contribution is -0.125. The minimum atomic E-state index is -1.02. The summed E-state index contributed by atoms with van der Waals surface area (Å²) in [7, 11) is 0. The number of carbonyl (C=O) groups excluding carboxylic acids is 1. The summed E-state index contributed by atoms with van der Waals surface area (Å²) in [4.78, 5) is 11.8. The first-order chi connectivity index (χ1) is 8.12. The fourth-order valence-corrected chi connectivity index (χ4v) is 1.33. The van der Waals surface area contributed by atoms with E-state index in [9.17, 15) is 14.3 Å². The Morgan fingerprint density at radius 2 is 1.72 bits per heavy atom. The third-order valence-corrected chi connectivity index (χ3v) is 3.26. The molecule has 4 heteroatoms. The fraction of sp³-hybridized carbons (Fsp3) is 0.500. The molecule has 1 amide bonds. The highest BCUT2D eigenvalue weighted by atomic mass is 19.1. The van der Waals surface area contributed by atoms with Crippen molar-refractivity contribution in [2.45, 2.75) is 45.3 Å². The summed E-state index contributed by atoms with van der Waals surface area (Å²) in [5.41, 5.74) is -1.02. The van der Waals surface area contributed by atoms with Gasteiger partial charge >= 0.3 is 0 Å². The van der Waals surface area contributed by atoms with Crippen LogP contribution in [0.5, 0.6) is 0 Å². The molecule has 0 aromatic heterocycles. The average Bonchev–Trinajstić information content (AvgIpc) is 2.19. The molecule has 18 heavy (non-hydrogen) atoms. The van der Waals surface area contributed by atoms with Crippen molar-refractivity contribution in [2.24, 2.45) is 0 Å². The summed E-state index contributed by atoms with van der Waals surface area (Å²) < 4.78 is 12.7. The quantitative estimate of drug-likeness (QED) is 0.862. The van der Waals surface area contributed by atoms with Gasteiger partial charge in [-0.15, -0.1) is 0 Å². The molecule has 3 nitrogen and oxygen atoms in total.